The lowest BCUT2D eigenvalue weighted by atomic mass is 10.3. The number of para-hydroxylation sites is 1. The second kappa shape index (κ2) is 2.20. The van der Waals surface area contributed by atoms with Gasteiger partial charge in [0.15, 0.2) is 0 Å². The molecular weight excluding hydrogens is 140 g/mol. The van der Waals surface area contributed by atoms with Crippen molar-refractivity contribution in [3.8, 4) is 5.75 Å². The predicted molar refractivity (Wildman–Crippen MR) is 40.0 cm³/mol. The van der Waals surface area contributed by atoms with Crippen molar-refractivity contribution in [2.45, 2.75) is 0 Å². The zero-order valence-corrected chi connectivity index (χ0v) is 5.65. The molecule has 0 fully saturated rings. The number of phenolic OH excluding ortho intramolecular Hbond substituents is 1. The molecule has 1 aromatic carbocycles. The number of benzene rings is 1. The van der Waals surface area contributed by atoms with Crippen molar-refractivity contribution in [3.05, 3.63) is 30.6 Å². The molecule has 0 saturated heterocycles. The summed E-state index contributed by atoms with van der Waals surface area (Å²) in [6.45, 7) is 0. The summed E-state index contributed by atoms with van der Waals surface area (Å²) in [5.74, 6) is 0.156. The van der Waals surface area contributed by atoms with Gasteiger partial charge in [0.1, 0.15) is 17.5 Å². The topological polar surface area (TPSA) is 46.0 Å². The van der Waals surface area contributed by atoms with E-state index < -0.39 is 0 Å². The smallest absolute Gasteiger partial charge is 0.143 e. The highest BCUT2D eigenvalue weighted by Crippen LogP contribution is 2.18. The molecule has 0 saturated carbocycles. The third kappa shape index (κ3) is 0.902. The summed E-state index contributed by atoms with van der Waals surface area (Å²) >= 11 is 0. The van der Waals surface area contributed by atoms with Gasteiger partial charge in [0.05, 0.1) is 11.7 Å². The summed E-state index contributed by atoms with van der Waals surface area (Å²) in [7, 11) is 0. The van der Waals surface area contributed by atoms with E-state index in [0.717, 1.165) is 0 Å². The third-order valence-electron chi connectivity index (χ3n) is 1.43. The van der Waals surface area contributed by atoms with E-state index in [4.69, 9.17) is 0 Å². The fraction of sp³-hybridized carbons (Fsp3) is 0. The molecule has 0 aliphatic carbocycles. The number of aromatic nitrogens is 2. The van der Waals surface area contributed by atoms with E-state index in [-0.39, 0.29) is 5.75 Å². The van der Waals surface area contributed by atoms with Crippen LogP contribution in [0.15, 0.2) is 24.4 Å². The average Bonchev–Trinajstić information content (AvgIpc) is 2.06. The number of hydrogen-bond donors (Lipinski definition) is 1. The molecule has 0 amide bonds. The number of fused-ring (bicyclic) bond motifs is 1. The van der Waals surface area contributed by atoms with E-state index in [0.29, 0.717) is 11.0 Å². The Morgan fingerprint density at radius 3 is 3.09 bits per heavy atom. The lowest BCUT2D eigenvalue weighted by molar-refractivity contribution is 0.480. The van der Waals surface area contributed by atoms with Gasteiger partial charge in [-0.15, -0.1) is 0 Å². The molecule has 0 atom stereocenters. The van der Waals surface area contributed by atoms with Gasteiger partial charge in [0.2, 0.25) is 0 Å². The van der Waals surface area contributed by atoms with Crippen LogP contribution in [-0.2, 0) is 0 Å². The maximum Gasteiger partial charge on any atom is 0.143 e. The molecular formula is C8H5N2O. The molecule has 0 unspecified atom stereocenters. The van der Waals surface area contributed by atoms with Gasteiger partial charge in [-0.25, -0.2) is 9.97 Å². The number of rotatable bonds is 0. The van der Waals surface area contributed by atoms with Crippen molar-refractivity contribution in [3.63, 3.8) is 0 Å². The molecule has 1 heterocycles. The average molecular weight is 145 g/mol. The second-order valence-electron chi connectivity index (χ2n) is 2.14. The van der Waals surface area contributed by atoms with E-state index in [1.54, 1.807) is 18.2 Å². The minimum absolute atomic E-state index is 0.156. The fourth-order valence-electron chi connectivity index (χ4n) is 0.934. The van der Waals surface area contributed by atoms with Crippen molar-refractivity contribution in [1.29, 1.82) is 0 Å². The zero-order chi connectivity index (χ0) is 7.68. The largest absolute Gasteiger partial charge is 0.506 e. The van der Waals surface area contributed by atoms with Crippen LogP contribution in [0, 0.1) is 6.20 Å². The Kier molecular flexibility index (Phi) is 1.22. The van der Waals surface area contributed by atoms with Crippen molar-refractivity contribution < 1.29 is 5.11 Å². The van der Waals surface area contributed by atoms with Gasteiger partial charge in [-0.05, 0) is 12.1 Å². The molecule has 3 heteroatoms. The van der Waals surface area contributed by atoms with Crippen molar-refractivity contribution in [2.75, 3.05) is 0 Å². The van der Waals surface area contributed by atoms with Crippen LogP contribution in [0.4, 0.5) is 0 Å². The first-order valence-corrected chi connectivity index (χ1v) is 3.19. The lowest BCUT2D eigenvalue weighted by Crippen LogP contribution is -1.81. The first-order valence-electron chi connectivity index (χ1n) is 3.19. The Morgan fingerprint density at radius 1 is 1.36 bits per heavy atom. The summed E-state index contributed by atoms with van der Waals surface area (Å²) in [6, 6.07) is 5.08. The molecule has 1 radical (unpaired) electrons. The highest BCUT2D eigenvalue weighted by Gasteiger charge is 1.97. The maximum absolute atomic E-state index is 9.25. The van der Waals surface area contributed by atoms with Crippen LogP contribution in [-0.4, -0.2) is 15.1 Å². The lowest BCUT2D eigenvalue weighted by Gasteiger charge is -1.95. The van der Waals surface area contributed by atoms with Gasteiger partial charge < -0.3 is 5.11 Å². The predicted octanol–water partition coefficient (Wildman–Crippen LogP) is 1.14. The Balaban J connectivity index is 2.91. The second-order valence-corrected chi connectivity index (χ2v) is 2.14. The Morgan fingerprint density at radius 2 is 2.27 bits per heavy atom. The normalized spacial score (nSPS) is 10.2. The van der Waals surface area contributed by atoms with Crippen LogP contribution in [0.25, 0.3) is 11.0 Å². The first kappa shape index (κ1) is 6.09. The molecule has 1 N–H and O–H groups in total. The molecule has 53 valence electrons. The maximum atomic E-state index is 9.25. The molecule has 3 nitrogen and oxygen atoms in total. The SMILES string of the molecule is Oc1cccc2n[c]cnc12. The Bertz CT molecular complexity index is 381. The number of nitrogens with zero attached hydrogens (tertiary/aromatic N) is 2. The van der Waals surface area contributed by atoms with E-state index in [1.165, 1.54) is 6.20 Å². The summed E-state index contributed by atoms with van der Waals surface area (Å²) in [4.78, 5) is 7.81. The van der Waals surface area contributed by atoms with Crippen LogP contribution in [0.5, 0.6) is 5.75 Å². The van der Waals surface area contributed by atoms with E-state index in [9.17, 15) is 5.11 Å². The van der Waals surface area contributed by atoms with Gasteiger partial charge >= 0.3 is 0 Å². The van der Waals surface area contributed by atoms with Crippen LogP contribution >= 0.6 is 0 Å². The number of phenols is 1. The first-order chi connectivity index (χ1) is 5.38. The third-order valence-corrected chi connectivity index (χ3v) is 1.43. The van der Waals surface area contributed by atoms with Crippen molar-refractivity contribution >= 4 is 11.0 Å². The summed E-state index contributed by atoms with van der Waals surface area (Å²) in [6.07, 6.45) is 4.02. The minimum atomic E-state index is 0.156. The Labute approximate surface area is 63.3 Å². The van der Waals surface area contributed by atoms with Crippen LogP contribution in [0.1, 0.15) is 0 Å². The molecule has 0 bridgehead atoms. The number of aromatic hydroxyl groups is 1. The van der Waals surface area contributed by atoms with Crippen molar-refractivity contribution in [2.24, 2.45) is 0 Å². The quantitative estimate of drug-likeness (QED) is 0.604. The van der Waals surface area contributed by atoms with Crippen LogP contribution < -0.4 is 0 Å². The monoisotopic (exact) mass is 145 g/mol. The molecule has 1 aromatic heterocycles. The van der Waals surface area contributed by atoms with Gasteiger partial charge in [0.25, 0.3) is 0 Å². The Hall–Kier alpha value is -1.64. The minimum Gasteiger partial charge on any atom is -0.506 e. The van der Waals surface area contributed by atoms with E-state index in [1.807, 2.05) is 0 Å². The molecule has 11 heavy (non-hydrogen) atoms. The van der Waals surface area contributed by atoms with Crippen molar-refractivity contribution in [1.82, 2.24) is 9.97 Å². The van der Waals surface area contributed by atoms with Gasteiger partial charge in [0, 0.05) is 0 Å². The molecule has 0 spiro atoms. The van der Waals surface area contributed by atoms with Gasteiger partial charge in [-0.2, -0.15) is 0 Å². The molecule has 0 aliphatic rings. The van der Waals surface area contributed by atoms with Gasteiger partial charge in [-0.1, -0.05) is 6.07 Å². The van der Waals surface area contributed by atoms with Crippen LogP contribution in [0.3, 0.4) is 0 Å². The molecule has 0 aliphatic heterocycles. The van der Waals surface area contributed by atoms with Gasteiger partial charge in [-0.3, -0.25) is 0 Å². The van der Waals surface area contributed by atoms with E-state index >= 15 is 0 Å². The fourth-order valence-corrected chi connectivity index (χ4v) is 0.934. The standard InChI is InChI=1S/C8H5N2O/c11-7-3-1-2-6-8(7)10-5-4-9-6/h1-3,5,11H. The molecule has 2 aromatic rings. The summed E-state index contributed by atoms with van der Waals surface area (Å²) in [5, 5.41) is 9.25. The van der Waals surface area contributed by atoms with E-state index in [2.05, 4.69) is 16.2 Å². The summed E-state index contributed by atoms with van der Waals surface area (Å²) < 4.78 is 0. The molecule has 2 rings (SSSR count). The highest BCUT2D eigenvalue weighted by molar-refractivity contribution is 5.79. The highest BCUT2D eigenvalue weighted by atomic mass is 16.3. The van der Waals surface area contributed by atoms with Crippen LogP contribution in [0.2, 0.25) is 0 Å². The zero-order valence-electron chi connectivity index (χ0n) is 5.65. The summed E-state index contributed by atoms with van der Waals surface area (Å²) in [5.41, 5.74) is 1.18. The number of hydrogen-bond acceptors (Lipinski definition) is 3.